The van der Waals surface area contributed by atoms with Crippen LogP contribution in [0.5, 0.6) is 0 Å². The molecule has 0 aliphatic carbocycles. The molecule has 2 aliphatic rings. The standard InChI is InChI=1S/C8H11IO4/c1-7(2)12-5-3-11-6(10)8(5,4-9)13-7/h5H,3-4H2,1-2H3/t5-,8-/m1/s1. The summed E-state index contributed by atoms with van der Waals surface area (Å²) in [6.45, 7) is 3.94. The van der Waals surface area contributed by atoms with Gasteiger partial charge >= 0.3 is 5.97 Å². The van der Waals surface area contributed by atoms with Crippen LogP contribution >= 0.6 is 22.6 Å². The predicted molar refractivity (Wildman–Crippen MR) is 52.6 cm³/mol. The zero-order valence-electron chi connectivity index (χ0n) is 7.50. The maximum Gasteiger partial charge on any atom is 0.342 e. The van der Waals surface area contributed by atoms with Crippen molar-refractivity contribution in [2.24, 2.45) is 0 Å². The topological polar surface area (TPSA) is 44.8 Å². The van der Waals surface area contributed by atoms with E-state index in [1.54, 1.807) is 0 Å². The van der Waals surface area contributed by atoms with Crippen LogP contribution in [-0.4, -0.2) is 34.5 Å². The minimum absolute atomic E-state index is 0.244. The van der Waals surface area contributed by atoms with Crippen LogP contribution in [0.4, 0.5) is 0 Å². The van der Waals surface area contributed by atoms with Crippen LogP contribution in [0.25, 0.3) is 0 Å². The molecule has 2 heterocycles. The Bertz CT molecular complexity index is 253. The Kier molecular flexibility index (Phi) is 2.08. The Hall–Kier alpha value is 0.120. The third-order valence-electron chi connectivity index (χ3n) is 2.28. The Labute approximate surface area is 90.0 Å². The molecule has 2 fully saturated rings. The fraction of sp³-hybridized carbons (Fsp3) is 0.875. The number of esters is 1. The maximum absolute atomic E-state index is 11.5. The summed E-state index contributed by atoms with van der Waals surface area (Å²) in [6, 6.07) is 0. The molecule has 0 aromatic carbocycles. The lowest BCUT2D eigenvalue weighted by molar-refractivity contribution is -0.190. The van der Waals surface area contributed by atoms with E-state index in [1.807, 2.05) is 13.8 Å². The highest BCUT2D eigenvalue weighted by atomic mass is 127. The van der Waals surface area contributed by atoms with Crippen LogP contribution < -0.4 is 0 Å². The van der Waals surface area contributed by atoms with Gasteiger partial charge in [0.2, 0.25) is 5.60 Å². The van der Waals surface area contributed by atoms with Crippen molar-refractivity contribution >= 4 is 28.6 Å². The van der Waals surface area contributed by atoms with Gasteiger partial charge in [-0.1, -0.05) is 22.6 Å². The van der Waals surface area contributed by atoms with Crippen molar-refractivity contribution in [3.8, 4) is 0 Å². The highest BCUT2D eigenvalue weighted by Gasteiger charge is 2.62. The second-order valence-electron chi connectivity index (χ2n) is 3.73. The molecular weight excluding hydrogens is 287 g/mol. The monoisotopic (exact) mass is 298 g/mol. The highest BCUT2D eigenvalue weighted by Crippen LogP contribution is 2.42. The van der Waals surface area contributed by atoms with Gasteiger partial charge in [-0.15, -0.1) is 0 Å². The minimum atomic E-state index is -0.857. The van der Waals surface area contributed by atoms with Crippen molar-refractivity contribution in [1.29, 1.82) is 0 Å². The molecule has 0 aromatic heterocycles. The van der Waals surface area contributed by atoms with E-state index in [4.69, 9.17) is 14.2 Å². The van der Waals surface area contributed by atoms with Gasteiger partial charge < -0.3 is 14.2 Å². The first kappa shape index (κ1) is 9.67. The quantitative estimate of drug-likeness (QED) is 0.409. The van der Waals surface area contributed by atoms with E-state index in [0.29, 0.717) is 11.0 Å². The molecule has 0 unspecified atom stereocenters. The maximum atomic E-state index is 11.5. The molecule has 0 N–H and O–H groups in total. The van der Waals surface area contributed by atoms with Crippen molar-refractivity contribution in [2.45, 2.75) is 31.3 Å². The molecule has 0 amide bonds. The Morgan fingerprint density at radius 1 is 1.62 bits per heavy atom. The number of cyclic esters (lactones) is 1. The summed E-state index contributed by atoms with van der Waals surface area (Å²) in [5.74, 6) is -0.965. The second kappa shape index (κ2) is 2.80. The molecule has 0 bridgehead atoms. The van der Waals surface area contributed by atoms with Crippen molar-refractivity contribution < 1.29 is 19.0 Å². The first-order chi connectivity index (χ1) is 6.00. The van der Waals surface area contributed by atoms with E-state index in [2.05, 4.69) is 22.6 Å². The molecule has 2 aliphatic heterocycles. The number of carbonyl (C=O) groups excluding carboxylic acids is 1. The van der Waals surface area contributed by atoms with Gasteiger partial charge in [0.25, 0.3) is 0 Å². The Morgan fingerprint density at radius 3 is 2.85 bits per heavy atom. The molecule has 0 aromatic rings. The van der Waals surface area contributed by atoms with Crippen molar-refractivity contribution in [3.05, 3.63) is 0 Å². The van der Waals surface area contributed by atoms with E-state index < -0.39 is 11.4 Å². The van der Waals surface area contributed by atoms with Gasteiger partial charge in [-0.25, -0.2) is 4.79 Å². The molecule has 4 nitrogen and oxygen atoms in total. The van der Waals surface area contributed by atoms with Crippen LogP contribution in [0, 0.1) is 0 Å². The van der Waals surface area contributed by atoms with Crippen molar-refractivity contribution in [3.63, 3.8) is 0 Å². The first-order valence-corrected chi connectivity index (χ1v) is 5.64. The van der Waals surface area contributed by atoms with Gasteiger partial charge in [0.15, 0.2) is 5.79 Å². The number of carbonyl (C=O) groups is 1. The summed E-state index contributed by atoms with van der Waals surface area (Å²) >= 11 is 2.12. The molecular formula is C8H11IO4. The Balaban J connectivity index is 2.32. The SMILES string of the molecule is CC1(C)O[C@@H]2COC(=O)[C@]2(CI)O1. The van der Waals surface area contributed by atoms with E-state index in [0.717, 1.165) is 0 Å². The summed E-state index contributed by atoms with van der Waals surface area (Å²) < 4.78 is 16.7. The van der Waals surface area contributed by atoms with Gasteiger partial charge in [-0.05, 0) is 13.8 Å². The zero-order valence-corrected chi connectivity index (χ0v) is 9.66. The predicted octanol–water partition coefficient (Wildman–Crippen LogP) is 0.868. The van der Waals surface area contributed by atoms with Crippen LogP contribution in [0.15, 0.2) is 0 Å². The van der Waals surface area contributed by atoms with Gasteiger partial charge in [-0.2, -0.15) is 0 Å². The molecule has 74 valence electrons. The largest absolute Gasteiger partial charge is 0.461 e. The first-order valence-electron chi connectivity index (χ1n) is 4.11. The fourth-order valence-corrected chi connectivity index (χ4v) is 2.71. The summed E-state index contributed by atoms with van der Waals surface area (Å²) in [7, 11) is 0. The van der Waals surface area contributed by atoms with Crippen LogP contribution in [0.3, 0.4) is 0 Å². The molecule has 2 rings (SSSR count). The summed E-state index contributed by atoms with van der Waals surface area (Å²) in [6.07, 6.45) is -0.244. The number of hydrogen-bond donors (Lipinski definition) is 0. The third-order valence-corrected chi connectivity index (χ3v) is 3.42. The highest BCUT2D eigenvalue weighted by molar-refractivity contribution is 14.1. The molecule has 5 heteroatoms. The average Bonchev–Trinajstić information content (AvgIpc) is 2.46. The molecule has 2 atom stereocenters. The van der Waals surface area contributed by atoms with Crippen molar-refractivity contribution in [1.82, 2.24) is 0 Å². The van der Waals surface area contributed by atoms with Gasteiger partial charge in [0, 0.05) is 4.43 Å². The average molecular weight is 298 g/mol. The van der Waals surface area contributed by atoms with Crippen molar-refractivity contribution in [2.75, 3.05) is 11.0 Å². The minimum Gasteiger partial charge on any atom is -0.461 e. The van der Waals surface area contributed by atoms with Crippen LogP contribution in [0.2, 0.25) is 0 Å². The lowest BCUT2D eigenvalue weighted by atomic mass is 10.0. The van der Waals surface area contributed by atoms with Gasteiger partial charge in [0.05, 0.1) is 0 Å². The number of fused-ring (bicyclic) bond motifs is 1. The summed E-state index contributed by atoms with van der Waals surface area (Å²) in [5, 5.41) is 0. The number of ether oxygens (including phenoxy) is 3. The van der Waals surface area contributed by atoms with Gasteiger partial charge in [-0.3, -0.25) is 0 Å². The van der Waals surface area contributed by atoms with E-state index >= 15 is 0 Å². The normalized spacial score (nSPS) is 41.8. The second-order valence-corrected chi connectivity index (χ2v) is 4.49. The smallest absolute Gasteiger partial charge is 0.342 e. The van der Waals surface area contributed by atoms with E-state index in [1.165, 1.54) is 0 Å². The molecule has 0 radical (unpaired) electrons. The molecule has 2 saturated heterocycles. The van der Waals surface area contributed by atoms with E-state index in [9.17, 15) is 4.79 Å². The Morgan fingerprint density at radius 2 is 2.31 bits per heavy atom. The summed E-state index contributed by atoms with van der Waals surface area (Å²) in [5.41, 5.74) is -0.857. The third kappa shape index (κ3) is 1.28. The zero-order chi connectivity index (χ0) is 9.69. The van der Waals surface area contributed by atoms with E-state index in [-0.39, 0.29) is 12.1 Å². The molecule has 13 heavy (non-hydrogen) atoms. The molecule has 0 spiro atoms. The number of halogens is 1. The number of alkyl halides is 1. The van der Waals surface area contributed by atoms with Crippen LogP contribution in [0.1, 0.15) is 13.8 Å². The molecule has 0 saturated carbocycles. The number of rotatable bonds is 1. The summed E-state index contributed by atoms with van der Waals surface area (Å²) in [4.78, 5) is 11.5. The fourth-order valence-electron chi connectivity index (χ4n) is 1.75. The number of hydrogen-bond acceptors (Lipinski definition) is 4. The lowest BCUT2D eigenvalue weighted by Crippen LogP contribution is -2.44. The van der Waals surface area contributed by atoms with Gasteiger partial charge in [0.1, 0.15) is 12.7 Å². The van der Waals surface area contributed by atoms with Crippen LogP contribution in [-0.2, 0) is 19.0 Å². The lowest BCUT2D eigenvalue weighted by Gasteiger charge is -2.22.